The molecule has 1 atom stereocenters. The van der Waals surface area contributed by atoms with E-state index in [1.54, 1.807) is 36.1 Å². The lowest BCUT2D eigenvalue weighted by atomic mass is 10.2. The lowest BCUT2D eigenvalue weighted by molar-refractivity contribution is 0.0141. The Labute approximate surface area is 171 Å². The van der Waals surface area contributed by atoms with Crippen LogP contribution in [0.2, 0.25) is 5.02 Å². The second-order valence-electron chi connectivity index (χ2n) is 6.86. The standard InChI is InChI=1S/C16H21ClN2O5S.CH5NO/c1-16(2,3)24-15(21)19-8-6-18(7-9-19)14(20)11-4-5-12(17)13(10-11)25(22)23;1-2-3/h4-5,10H,6-9H2,1-3H3,(H,22,23);2-3H,1H3/p-1. The zero-order chi connectivity index (χ0) is 21.5. The molecule has 0 aromatic heterocycles. The van der Waals surface area contributed by atoms with E-state index in [0.717, 1.165) is 0 Å². The predicted molar refractivity (Wildman–Crippen MR) is 103 cm³/mol. The molecule has 0 spiro atoms. The topological polar surface area (TPSA) is 122 Å². The highest BCUT2D eigenvalue weighted by Crippen LogP contribution is 2.22. The van der Waals surface area contributed by atoms with Crippen molar-refractivity contribution in [3.8, 4) is 0 Å². The van der Waals surface area contributed by atoms with E-state index in [1.807, 2.05) is 0 Å². The fourth-order valence-electron chi connectivity index (χ4n) is 2.37. The van der Waals surface area contributed by atoms with Crippen LogP contribution in [0.5, 0.6) is 0 Å². The van der Waals surface area contributed by atoms with Crippen molar-refractivity contribution >= 4 is 34.7 Å². The lowest BCUT2D eigenvalue weighted by Crippen LogP contribution is -2.51. The second-order valence-corrected chi connectivity index (χ2v) is 8.18. The number of hydrogen-bond donors (Lipinski definition) is 2. The molecule has 0 saturated carbocycles. The third-order valence-electron chi connectivity index (χ3n) is 3.58. The maximum absolute atomic E-state index is 12.5. The Morgan fingerprint density at radius 1 is 1.21 bits per heavy atom. The molecule has 1 aromatic carbocycles. The van der Waals surface area contributed by atoms with Gasteiger partial charge in [0.05, 0.1) is 5.02 Å². The van der Waals surface area contributed by atoms with Gasteiger partial charge < -0.3 is 24.3 Å². The summed E-state index contributed by atoms with van der Waals surface area (Å²) in [5.74, 6) is -0.299. The van der Waals surface area contributed by atoms with Crippen LogP contribution in [0.4, 0.5) is 4.79 Å². The minimum Gasteiger partial charge on any atom is -0.768 e. The van der Waals surface area contributed by atoms with E-state index in [4.69, 9.17) is 21.5 Å². The average Bonchev–Trinajstić information content (AvgIpc) is 2.60. The Hall–Kier alpha value is -1.72. The molecule has 0 aliphatic carbocycles. The van der Waals surface area contributed by atoms with Gasteiger partial charge in [-0.15, -0.1) is 0 Å². The summed E-state index contributed by atoms with van der Waals surface area (Å²) < 4.78 is 27.6. The van der Waals surface area contributed by atoms with Crippen LogP contribution in [0.15, 0.2) is 23.1 Å². The number of nitrogens with zero attached hydrogens (tertiary/aromatic N) is 2. The SMILES string of the molecule is CC(C)(C)OC(=O)N1CCN(C(=O)c2ccc(Cl)c(S(=O)[O-])c2)CC1.CNO. The minimum atomic E-state index is -2.52. The molecule has 158 valence electrons. The molecule has 1 heterocycles. The fraction of sp³-hybridized carbons (Fsp3) is 0.529. The van der Waals surface area contributed by atoms with Gasteiger partial charge in [0.25, 0.3) is 5.91 Å². The third-order valence-corrected chi connectivity index (χ3v) is 4.71. The first-order valence-corrected chi connectivity index (χ1v) is 9.92. The number of hydroxylamine groups is 1. The van der Waals surface area contributed by atoms with E-state index in [1.165, 1.54) is 25.2 Å². The van der Waals surface area contributed by atoms with Crippen molar-refractivity contribution in [2.24, 2.45) is 0 Å². The van der Waals surface area contributed by atoms with Crippen molar-refractivity contribution in [2.75, 3.05) is 33.2 Å². The van der Waals surface area contributed by atoms with Crippen molar-refractivity contribution in [2.45, 2.75) is 31.3 Å². The molecule has 28 heavy (non-hydrogen) atoms. The molecule has 9 nitrogen and oxygen atoms in total. The Balaban J connectivity index is 0.00000122. The molecule has 2 rings (SSSR count). The summed E-state index contributed by atoms with van der Waals surface area (Å²) in [5.41, 5.74) is 1.42. The summed E-state index contributed by atoms with van der Waals surface area (Å²) in [6.07, 6.45) is -0.407. The third kappa shape index (κ3) is 7.36. The summed E-state index contributed by atoms with van der Waals surface area (Å²) >= 11 is 3.30. The maximum Gasteiger partial charge on any atom is 0.410 e. The van der Waals surface area contributed by atoms with Crippen molar-refractivity contribution < 1.29 is 28.3 Å². The van der Waals surface area contributed by atoms with Gasteiger partial charge in [-0.3, -0.25) is 9.00 Å². The summed E-state index contributed by atoms with van der Waals surface area (Å²) in [5, 5.41) is 7.39. The number of hydrogen-bond acceptors (Lipinski definition) is 7. The van der Waals surface area contributed by atoms with Crippen molar-refractivity contribution in [1.82, 2.24) is 15.3 Å². The van der Waals surface area contributed by atoms with Gasteiger partial charge in [0, 0.05) is 43.7 Å². The molecule has 2 N–H and O–H groups in total. The van der Waals surface area contributed by atoms with Crippen LogP contribution in [0.25, 0.3) is 0 Å². The minimum absolute atomic E-state index is 0.0691. The monoisotopic (exact) mass is 434 g/mol. The van der Waals surface area contributed by atoms with E-state index in [-0.39, 0.29) is 21.4 Å². The number of rotatable bonds is 2. The molecule has 11 heteroatoms. The largest absolute Gasteiger partial charge is 0.768 e. The molecule has 1 aromatic rings. The molecular formula is C17H25ClN3O6S-. The van der Waals surface area contributed by atoms with Crippen LogP contribution in [0.3, 0.4) is 0 Å². The van der Waals surface area contributed by atoms with Crippen LogP contribution in [0, 0.1) is 0 Å². The lowest BCUT2D eigenvalue weighted by Gasteiger charge is -2.35. The van der Waals surface area contributed by atoms with Crippen LogP contribution in [0.1, 0.15) is 31.1 Å². The molecule has 1 aliphatic rings. The van der Waals surface area contributed by atoms with Crippen molar-refractivity contribution in [3.63, 3.8) is 0 Å². The molecule has 1 unspecified atom stereocenters. The van der Waals surface area contributed by atoms with Gasteiger partial charge in [-0.25, -0.2) is 10.3 Å². The molecule has 0 bridgehead atoms. The van der Waals surface area contributed by atoms with Gasteiger partial charge in [0.1, 0.15) is 5.60 Å². The summed E-state index contributed by atoms with van der Waals surface area (Å²) in [6.45, 7) is 6.78. The molecule has 1 aliphatic heterocycles. The molecule has 2 amide bonds. The normalized spacial score (nSPS) is 15.4. The van der Waals surface area contributed by atoms with Crippen molar-refractivity contribution in [3.05, 3.63) is 28.8 Å². The van der Waals surface area contributed by atoms with Crippen LogP contribution in [-0.4, -0.2) is 74.6 Å². The zero-order valence-electron chi connectivity index (χ0n) is 16.2. The Kier molecular flexibility index (Phi) is 9.31. The quantitative estimate of drug-likeness (QED) is 0.538. The molecule has 1 fully saturated rings. The molecular weight excluding hydrogens is 410 g/mol. The van der Waals surface area contributed by atoms with Gasteiger partial charge in [0.2, 0.25) is 0 Å². The van der Waals surface area contributed by atoms with E-state index in [2.05, 4.69) is 0 Å². The first-order valence-electron chi connectivity index (χ1n) is 8.47. The fourth-order valence-corrected chi connectivity index (χ4v) is 3.12. The highest BCUT2D eigenvalue weighted by atomic mass is 35.5. The summed E-state index contributed by atoms with van der Waals surface area (Å²) in [7, 11) is 1.43. The van der Waals surface area contributed by atoms with Gasteiger partial charge in [0.15, 0.2) is 0 Å². The van der Waals surface area contributed by atoms with Gasteiger partial charge in [-0.1, -0.05) is 11.6 Å². The van der Waals surface area contributed by atoms with Gasteiger partial charge in [-0.2, -0.15) is 0 Å². The number of nitrogens with one attached hydrogen (secondary N) is 1. The zero-order valence-corrected chi connectivity index (χ0v) is 17.8. The number of piperazine rings is 1. The summed E-state index contributed by atoms with van der Waals surface area (Å²) in [4.78, 5) is 27.6. The van der Waals surface area contributed by atoms with E-state index >= 15 is 0 Å². The number of benzene rings is 1. The van der Waals surface area contributed by atoms with Crippen molar-refractivity contribution in [1.29, 1.82) is 0 Å². The molecule has 0 radical (unpaired) electrons. The highest BCUT2D eigenvalue weighted by molar-refractivity contribution is 7.79. The Morgan fingerprint density at radius 2 is 1.71 bits per heavy atom. The first kappa shape index (κ1) is 24.3. The van der Waals surface area contributed by atoms with Crippen LogP contribution >= 0.6 is 11.6 Å². The highest BCUT2D eigenvalue weighted by Gasteiger charge is 2.28. The number of ether oxygens (including phenoxy) is 1. The van der Waals surface area contributed by atoms with Gasteiger partial charge in [-0.05, 0) is 50.1 Å². The number of carbonyl (C=O) groups is 2. The van der Waals surface area contributed by atoms with Gasteiger partial charge >= 0.3 is 6.09 Å². The number of amides is 2. The van der Waals surface area contributed by atoms with Crippen LogP contribution < -0.4 is 5.48 Å². The average molecular weight is 435 g/mol. The number of halogens is 1. The smallest absolute Gasteiger partial charge is 0.410 e. The Bertz CT molecular complexity index is 717. The van der Waals surface area contributed by atoms with E-state index in [9.17, 15) is 18.4 Å². The van der Waals surface area contributed by atoms with E-state index < -0.39 is 22.8 Å². The Morgan fingerprint density at radius 3 is 2.18 bits per heavy atom. The maximum atomic E-state index is 12.5. The van der Waals surface area contributed by atoms with Crippen LogP contribution in [-0.2, 0) is 15.8 Å². The van der Waals surface area contributed by atoms with E-state index in [0.29, 0.717) is 26.2 Å². The summed E-state index contributed by atoms with van der Waals surface area (Å²) in [6, 6.07) is 4.13. The number of carbonyl (C=O) groups excluding carboxylic acids is 2. The predicted octanol–water partition coefficient (Wildman–Crippen LogP) is 1.87. The first-order chi connectivity index (χ1) is 13.0. The molecule has 1 saturated heterocycles. The second kappa shape index (κ2) is 10.7.